The van der Waals surface area contributed by atoms with E-state index in [2.05, 4.69) is 15.6 Å². The molecule has 0 fully saturated rings. The molecule has 5 nitrogen and oxygen atoms in total. The number of rotatable bonds is 7. The lowest BCUT2D eigenvalue weighted by molar-refractivity contribution is -0.137. The maximum atomic E-state index is 12.6. The van der Waals surface area contributed by atoms with Crippen molar-refractivity contribution in [3.8, 4) is 0 Å². The zero-order valence-electron chi connectivity index (χ0n) is 16.6. The van der Waals surface area contributed by atoms with E-state index in [4.69, 9.17) is 0 Å². The highest BCUT2D eigenvalue weighted by atomic mass is 127. The van der Waals surface area contributed by atoms with E-state index in [1.807, 2.05) is 6.92 Å². The number of halogens is 4. The molecule has 0 amide bonds. The predicted molar refractivity (Wildman–Crippen MR) is 118 cm³/mol. The molecule has 0 aromatic heterocycles. The lowest BCUT2D eigenvalue weighted by atomic mass is 10.1. The van der Waals surface area contributed by atoms with Crippen LogP contribution in [-0.2, 0) is 22.4 Å². The molecule has 0 aliphatic carbocycles. The normalized spacial score (nSPS) is 13.0. The number of aliphatic imine (C=N–C) groups is 1. The van der Waals surface area contributed by atoms with Gasteiger partial charge in [-0.05, 0) is 51.8 Å². The predicted octanol–water partition coefficient (Wildman–Crippen LogP) is 3.63. The standard InChI is InChI=1S/C18H28F3N3O2S.HI/c1-5-22-16(24-12-13-27(25,26)17(2,3)4)23-11-10-14-6-8-15(9-7-14)18(19,20)21;/h6-9H,5,10-13H2,1-4H3,(H2,22,23,24);1H. The lowest BCUT2D eigenvalue weighted by Gasteiger charge is -2.18. The largest absolute Gasteiger partial charge is 0.416 e. The smallest absolute Gasteiger partial charge is 0.357 e. The van der Waals surface area contributed by atoms with Crippen LogP contribution in [0.15, 0.2) is 29.3 Å². The van der Waals surface area contributed by atoms with Crippen molar-refractivity contribution in [3.05, 3.63) is 35.4 Å². The fraction of sp³-hybridized carbons (Fsp3) is 0.611. The first-order valence-electron chi connectivity index (χ1n) is 8.77. The van der Waals surface area contributed by atoms with Gasteiger partial charge in [0, 0.05) is 13.1 Å². The maximum absolute atomic E-state index is 12.6. The van der Waals surface area contributed by atoms with Gasteiger partial charge in [-0.3, -0.25) is 4.99 Å². The zero-order valence-corrected chi connectivity index (χ0v) is 19.7. The monoisotopic (exact) mass is 535 g/mol. The molecule has 0 heterocycles. The average molecular weight is 535 g/mol. The first-order valence-corrected chi connectivity index (χ1v) is 10.4. The average Bonchev–Trinajstić information content (AvgIpc) is 2.53. The summed E-state index contributed by atoms with van der Waals surface area (Å²) in [5.41, 5.74) is 0.0934. The molecule has 2 N–H and O–H groups in total. The number of nitrogens with zero attached hydrogens (tertiary/aromatic N) is 1. The molecular formula is C18H29F3IN3O2S. The molecule has 28 heavy (non-hydrogen) atoms. The molecule has 0 spiro atoms. The summed E-state index contributed by atoms with van der Waals surface area (Å²) in [7, 11) is -3.24. The first-order chi connectivity index (χ1) is 12.4. The molecule has 0 atom stereocenters. The van der Waals surface area contributed by atoms with Crippen molar-refractivity contribution in [3.63, 3.8) is 0 Å². The quantitative estimate of drug-likeness (QED) is 0.318. The molecule has 0 saturated carbocycles. The van der Waals surface area contributed by atoms with Crippen LogP contribution >= 0.6 is 24.0 Å². The van der Waals surface area contributed by atoms with E-state index in [9.17, 15) is 21.6 Å². The minimum absolute atomic E-state index is 0. The van der Waals surface area contributed by atoms with E-state index >= 15 is 0 Å². The molecule has 0 saturated heterocycles. The molecule has 1 aromatic carbocycles. The molecule has 0 aliphatic heterocycles. The Hall–Kier alpha value is -1.04. The highest BCUT2D eigenvalue weighted by Crippen LogP contribution is 2.29. The van der Waals surface area contributed by atoms with Crippen molar-refractivity contribution in [2.24, 2.45) is 4.99 Å². The molecule has 10 heteroatoms. The van der Waals surface area contributed by atoms with Gasteiger partial charge in [0.1, 0.15) is 0 Å². The highest BCUT2D eigenvalue weighted by Gasteiger charge is 2.30. The molecule has 0 unspecified atom stereocenters. The summed E-state index contributed by atoms with van der Waals surface area (Å²) >= 11 is 0. The van der Waals surface area contributed by atoms with E-state index in [0.717, 1.165) is 17.7 Å². The molecule has 1 rings (SSSR count). The van der Waals surface area contributed by atoms with Gasteiger partial charge in [-0.1, -0.05) is 12.1 Å². The summed E-state index contributed by atoms with van der Waals surface area (Å²) in [5.74, 6) is 0.430. The van der Waals surface area contributed by atoms with Crippen molar-refractivity contribution in [1.82, 2.24) is 10.6 Å². The summed E-state index contributed by atoms with van der Waals surface area (Å²) in [6.07, 6.45) is -3.82. The van der Waals surface area contributed by atoms with Crippen LogP contribution in [0.5, 0.6) is 0 Å². The van der Waals surface area contributed by atoms with Crippen molar-refractivity contribution < 1.29 is 21.6 Å². The van der Waals surface area contributed by atoms with Crippen molar-refractivity contribution in [2.45, 2.75) is 45.0 Å². The molecule has 0 bridgehead atoms. The van der Waals surface area contributed by atoms with E-state index in [0.29, 0.717) is 25.5 Å². The first kappa shape index (κ1) is 27.0. The number of alkyl halides is 3. The van der Waals surface area contributed by atoms with Crippen LogP contribution in [-0.4, -0.2) is 44.5 Å². The van der Waals surface area contributed by atoms with Crippen LogP contribution in [0.1, 0.15) is 38.8 Å². The minimum Gasteiger partial charge on any atom is -0.357 e. The number of nitrogens with one attached hydrogen (secondary N) is 2. The third kappa shape index (κ3) is 8.97. The third-order valence-corrected chi connectivity index (χ3v) is 6.48. The Morgan fingerprint density at radius 1 is 1.07 bits per heavy atom. The molecular weight excluding hydrogens is 506 g/mol. The van der Waals surface area contributed by atoms with E-state index < -0.39 is 26.3 Å². The van der Waals surface area contributed by atoms with Crippen LogP contribution in [0, 0.1) is 0 Å². The fourth-order valence-corrected chi connectivity index (χ4v) is 3.06. The SMILES string of the molecule is CCNC(=NCCS(=O)(=O)C(C)(C)C)NCCc1ccc(C(F)(F)F)cc1.I. The van der Waals surface area contributed by atoms with Gasteiger partial charge in [-0.2, -0.15) is 13.2 Å². The second kappa shape index (κ2) is 11.2. The van der Waals surface area contributed by atoms with E-state index in [-0.39, 0.29) is 36.3 Å². The van der Waals surface area contributed by atoms with Crippen molar-refractivity contribution in [1.29, 1.82) is 0 Å². The molecule has 1 aromatic rings. The number of sulfone groups is 1. The van der Waals surface area contributed by atoms with Crippen LogP contribution in [0.2, 0.25) is 0 Å². The second-order valence-corrected chi connectivity index (χ2v) is 9.93. The van der Waals surface area contributed by atoms with Gasteiger partial charge in [0.2, 0.25) is 0 Å². The van der Waals surface area contributed by atoms with Gasteiger partial charge in [0.15, 0.2) is 15.8 Å². The van der Waals surface area contributed by atoms with Gasteiger partial charge in [-0.15, -0.1) is 24.0 Å². The minimum atomic E-state index is -4.34. The van der Waals surface area contributed by atoms with E-state index in [1.165, 1.54) is 12.1 Å². The summed E-state index contributed by atoms with van der Waals surface area (Å²) in [4.78, 5) is 4.26. The Labute approximate surface area is 182 Å². The molecule has 162 valence electrons. The zero-order chi connectivity index (χ0) is 20.7. The number of guanidine groups is 1. The second-order valence-electron chi connectivity index (χ2n) is 7.06. The van der Waals surface area contributed by atoms with Gasteiger partial charge in [0.25, 0.3) is 0 Å². The number of hydrogen-bond donors (Lipinski definition) is 2. The Kier molecular flexibility index (Phi) is 10.8. The Balaban J connectivity index is 0.00000729. The highest BCUT2D eigenvalue weighted by molar-refractivity contribution is 14.0. The number of benzene rings is 1. The van der Waals surface area contributed by atoms with Crippen LogP contribution in [0.25, 0.3) is 0 Å². The van der Waals surface area contributed by atoms with Crippen LogP contribution in [0.3, 0.4) is 0 Å². The Morgan fingerprint density at radius 3 is 2.11 bits per heavy atom. The summed E-state index contributed by atoms with van der Waals surface area (Å²) in [6, 6.07) is 5.02. The van der Waals surface area contributed by atoms with Crippen molar-refractivity contribution >= 4 is 39.8 Å². The van der Waals surface area contributed by atoms with Gasteiger partial charge in [0.05, 0.1) is 22.6 Å². The fourth-order valence-electron chi connectivity index (χ4n) is 2.11. The van der Waals surface area contributed by atoms with E-state index in [1.54, 1.807) is 20.8 Å². The summed E-state index contributed by atoms with van der Waals surface area (Å²) in [6.45, 7) is 8.05. The molecule has 0 radical (unpaired) electrons. The third-order valence-electron chi connectivity index (χ3n) is 3.89. The maximum Gasteiger partial charge on any atom is 0.416 e. The summed E-state index contributed by atoms with van der Waals surface area (Å²) in [5, 5.41) is 6.08. The van der Waals surface area contributed by atoms with Gasteiger partial charge < -0.3 is 10.6 Å². The summed E-state index contributed by atoms with van der Waals surface area (Å²) < 4.78 is 61.1. The Morgan fingerprint density at radius 2 is 1.64 bits per heavy atom. The topological polar surface area (TPSA) is 70.6 Å². The Bertz CT molecular complexity index is 728. The molecule has 0 aliphatic rings. The van der Waals surface area contributed by atoms with Gasteiger partial charge in [-0.25, -0.2) is 8.42 Å². The number of hydrogen-bond acceptors (Lipinski definition) is 3. The van der Waals surface area contributed by atoms with Crippen molar-refractivity contribution in [2.75, 3.05) is 25.4 Å². The lowest BCUT2D eigenvalue weighted by Crippen LogP contribution is -2.39. The van der Waals surface area contributed by atoms with Gasteiger partial charge >= 0.3 is 6.18 Å². The van der Waals surface area contributed by atoms with Crippen LogP contribution in [0.4, 0.5) is 13.2 Å². The van der Waals surface area contributed by atoms with Crippen LogP contribution < -0.4 is 10.6 Å².